The van der Waals surface area contributed by atoms with E-state index in [2.05, 4.69) is 0 Å². The Hall–Kier alpha value is -0.600. The molecule has 0 aromatic heterocycles. The van der Waals surface area contributed by atoms with Crippen LogP contribution in [-0.2, 0) is 4.74 Å². The molecule has 1 nitrogen and oxygen atoms in total. The maximum atomic E-state index is 12.6. The van der Waals surface area contributed by atoms with Gasteiger partial charge in [-0.15, -0.1) is 11.6 Å². The van der Waals surface area contributed by atoms with Gasteiger partial charge in [0.1, 0.15) is 5.82 Å². The lowest BCUT2D eigenvalue weighted by atomic mass is 10.0. The Morgan fingerprint density at radius 1 is 1.36 bits per heavy atom. The van der Waals surface area contributed by atoms with Crippen molar-refractivity contribution in [1.29, 1.82) is 0 Å². The second-order valence-corrected chi connectivity index (χ2v) is 3.37. The normalized spacial score (nSPS) is 12.8. The van der Waals surface area contributed by atoms with Crippen molar-refractivity contribution < 1.29 is 9.13 Å². The van der Waals surface area contributed by atoms with E-state index in [0.717, 1.165) is 5.56 Å². The van der Waals surface area contributed by atoms with Crippen LogP contribution in [0.4, 0.5) is 4.39 Å². The molecule has 1 atom stereocenters. The van der Waals surface area contributed by atoms with Gasteiger partial charge in [0, 0.05) is 18.4 Å². The van der Waals surface area contributed by atoms with Crippen molar-refractivity contribution in [1.82, 2.24) is 0 Å². The summed E-state index contributed by atoms with van der Waals surface area (Å²) in [5.74, 6) is 0.418. The fourth-order valence-electron chi connectivity index (χ4n) is 1.22. The highest BCUT2D eigenvalue weighted by Crippen LogP contribution is 2.18. The van der Waals surface area contributed by atoms with Crippen LogP contribution >= 0.6 is 11.6 Å². The number of rotatable bonds is 5. The lowest BCUT2D eigenvalue weighted by Gasteiger charge is -2.13. The molecule has 0 amide bonds. The van der Waals surface area contributed by atoms with Crippen LogP contribution < -0.4 is 0 Å². The molecule has 78 valence electrons. The first-order valence-electron chi connectivity index (χ1n) is 4.67. The van der Waals surface area contributed by atoms with Crippen molar-refractivity contribution in [3.8, 4) is 0 Å². The summed E-state index contributed by atoms with van der Waals surface area (Å²) in [6.07, 6.45) is 0. The van der Waals surface area contributed by atoms with Crippen LogP contribution in [0.25, 0.3) is 0 Å². The van der Waals surface area contributed by atoms with Crippen molar-refractivity contribution in [3.05, 3.63) is 35.6 Å². The highest BCUT2D eigenvalue weighted by Gasteiger charge is 2.09. The van der Waals surface area contributed by atoms with Crippen molar-refractivity contribution in [2.45, 2.75) is 12.8 Å². The van der Waals surface area contributed by atoms with Crippen LogP contribution in [0.1, 0.15) is 18.4 Å². The van der Waals surface area contributed by atoms with Gasteiger partial charge in [0.25, 0.3) is 0 Å². The molecule has 0 fully saturated rings. The molecular formula is C11H14ClFO. The molecule has 0 aliphatic rings. The Labute approximate surface area is 88.8 Å². The molecule has 14 heavy (non-hydrogen) atoms. The second kappa shape index (κ2) is 5.99. The highest BCUT2D eigenvalue weighted by molar-refractivity contribution is 6.18. The maximum Gasteiger partial charge on any atom is 0.123 e. The molecule has 0 aliphatic carbocycles. The average Bonchev–Trinajstić information content (AvgIpc) is 2.21. The quantitative estimate of drug-likeness (QED) is 0.687. The minimum Gasteiger partial charge on any atom is -0.381 e. The van der Waals surface area contributed by atoms with Crippen molar-refractivity contribution in [2.24, 2.45) is 0 Å². The molecule has 0 radical (unpaired) electrons. The molecule has 0 heterocycles. The zero-order valence-corrected chi connectivity index (χ0v) is 8.93. The Bertz CT molecular complexity index is 260. The first-order chi connectivity index (χ1) is 6.77. The van der Waals surface area contributed by atoms with Gasteiger partial charge in [0.15, 0.2) is 0 Å². The average molecular weight is 217 g/mol. The molecule has 1 rings (SSSR count). The molecular weight excluding hydrogens is 203 g/mol. The number of halogens is 2. The Morgan fingerprint density at radius 2 is 2.00 bits per heavy atom. The first kappa shape index (κ1) is 11.5. The summed E-state index contributed by atoms with van der Waals surface area (Å²) in [6.45, 7) is 3.20. The largest absolute Gasteiger partial charge is 0.381 e. The maximum absolute atomic E-state index is 12.6. The molecule has 0 spiro atoms. The van der Waals surface area contributed by atoms with Crippen LogP contribution in [0, 0.1) is 5.82 Å². The topological polar surface area (TPSA) is 9.23 Å². The monoisotopic (exact) mass is 216 g/mol. The number of benzene rings is 1. The fraction of sp³-hybridized carbons (Fsp3) is 0.455. The summed E-state index contributed by atoms with van der Waals surface area (Å²) >= 11 is 5.80. The molecule has 1 aromatic carbocycles. The summed E-state index contributed by atoms with van der Waals surface area (Å²) in [5.41, 5.74) is 1.02. The summed E-state index contributed by atoms with van der Waals surface area (Å²) in [4.78, 5) is 0. The van der Waals surface area contributed by atoms with Gasteiger partial charge in [-0.2, -0.15) is 0 Å². The van der Waals surface area contributed by atoms with Crippen LogP contribution in [0.3, 0.4) is 0 Å². The zero-order valence-electron chi connectivity index (χ0n) is 8.17. The summed E-state index contributed by atoms with van der Waals surface area (Å²) < 4.78 is 17.9. The Kier molecular flexibility index (Phi) is 4.91. The van der Waals surface area contributed by atoms with Crippen LogP contribution in [0.2, 0.25) is 0 Å². The van der Waals surface area contributed by atoms with Crippen molar-refractivity contribution in [3.63, 3.8) is 0 Å². The van der Waals surface area contributed by atoms with Gasteiger partial charge >= 0.3 is 0 Å². The minimum absolute atomic E-state index is 0.150. The predicted molar refractivity (Wildman–Crippen MR) is 56.4 cm³/mol. The summed E-state index contributed by atoms with van der Waals surface area (Å²) in [6, 6.07) is 6.39. The predicted octanol–water partition coefficient (Wildman–Crippen LogP) is 3.18. The van der Waals surface area contributed by atoms with E-state index in [9.17, 15) is 4.39 Å². The summed E-state index contributed by atoms with van der Waals surface area (Å²) in [5, 5.41) is 0. The highest BCUT2D eigenvalue weighted by atomic mass is 35.5. The van der Waals surface area contributed by atoms with E-state index in [1.807, 2.05) is 6.92 Å². The third kappa shape index (κ3) is 3.28. The standard InChI is InChI=1S/C11H14ClFO/c1-2-14-8-10(7-12)9-3-5-11(13)6-4-9/h3-6,10H,2,7-8H2,1H3. The Balaban J connectivity index is 2.64. The van der Waals surface area contributed by atoms with E-state index in [1.54, 1.807) is 12.1 Å². The molecule has 3 heteroatoms. The molecule has 1 aromatic rings. The molecule has 0 saturated carbocycles. The molecule has 0 N–H and O–H groups in total. The number of alkyl halides is 1. The van der Waals surface area contributed by atoms with Crippen LogP contribution in [-0.4, -0.2) is 19.1 Å². The SMILES string of the molecule is CCOCC(CCl)c1ccc(F)cc1. The van der Waals surface area contributed by atoms with E-state index in [0.29, 0.717) is 19.1 Å². The Morgan fingerprint density at radius 3 is 2.50 bits per heavy atom. The van der Waals surface area contributed by atoms with Gasteiger partial charge in [0.05, 0.1) is 6.61 Å². The van der Waals surface area contributed by atoms with Crippen LogP contribution in [0.5, 0.6) is 0 Å². The molecule has 1 unspecified atom stereocenters. The van der Waals surface area contributed by atoms with E-state index in [4.69, 9.17) is 16.3 Å². The smallest absolute Gasteiger partial charge is 0.123 e. The van der Waals surface area contributed by atoms with Gasteiger partial charge in [-0.3, -0.25) is 0 Å². The molecule has 0 bridgehead atoms. The first-order valence-corrected chi connectivity index (χ1v) is 5.20. The van der Waals surface area contributed by atoms with Crippen molar-refractivity contribution >= 4 is 11.6 Å². The number of hydrogen-bond donors (Lipinski definition) is 0. The number of ether oxygens (including phenoxy) is 1. The molecule has 0 aliphatic heterocycles. The van der Waals surface area contributed by atoms with E-state index in [-0.39, 0.29) is 11.7 Å². The lowest BCUT2D eigenvalue weighted by molar-refractivity contribution is 0.137. The second-order valence-electron chi connectivity index (χ2n) is 3.06. The number of hydrogen-bond acceptors (Lipinski definition) is 1. The molecule has 0 saturated heterocycles. The third-order valence-corrected chi connectivity index (χ3v) is 2.42. The minimum atomic E-state index is -0.224. The van der Waals surface area contributed by atoms with Gasteiger partial charge in [-0.05, 0) is 24.6 Å². The van der Waals surface area contributed by atoms with Gasteiger partial charge in [-0.25, -0.2) is 4.39 Å². The van der Waals surface area contributed by atoms with Gasteiger partial charge in [0.2, 0.25) is 0 Å². The fourth-order valence-corrected chi connectivity index (χ4v) is 1.49. The van der Waals surface area contributed by atoms with E-state index in [1.165, 1.54) is 12.1 Å². The zero-order chi connectivity index (χ0) is 10.4. The summed E-state index contributed by atoms with van der Waals surface area (Å²) in [7, 11) is 0. The van der Waals surface area contributed by atoms with E-state index < -0.39 is 0 Å². The van der Waals surface area contributed by atoms with Crippen molar-refractivity contribution in [2.75, 3.05) is 19.1 Å². The third-order valence-electron chi connectivity index (χ3n) is 2.05. The lowest BCUT2D eigenvalue weighted by Crippen LogP contribution is -2.09. The van der Waals surface area contributed by atoms with Gasteiger partial charge < -0.3 is 4.74 Å². The van der Waals surface area contributed by atoms with Gasteiger partial charge in [-0.1, -0.05) is 12.1 Å². The van der Waals surface area contributed by atoms with Crippen LogP contribution in [0.15, 0.2) is 24.3 Å². The van der Waals surface area contributed by atoms with E-state index >= 15 is 0 Å².